The van der Waals surface area contributed by atoms with Crippen LogP contribution in [0, 0.1) is 13.8 Å². The van der Waals surface area contributed by atoms with Gasteiger partial charge in [-0.1, -0.05) is 23.8 Å². The second-order valence-corrected chi connectivity index (χ2v) is 6.60. The summed E-state index contributed by atoms with van der Waals surface area (Å²) in [5.41, 5.74) is 5.37. The molecule has 0 bridgehead atoms. The zero-order valence-corrected chi connectivity index (χ0v) is 15.6. The molecule has 0 saturated heterocycles. The summed E-state index contributed by atoms with van der Waals surface area (Å²) in [7, 11) is 0. The number of nitrogens with zero attached hydrogens (tertiary/aromatic N) is 2. The number of benzene rings is 1. The van der Waals surface area contributed by atoms with Gasteiger partial charge in [-0.05, 0) is 60.4 Å². The quantitative estimate of drug-likeness (QED) is 0.679. The van der Waals surface area contributed by atoms with Crippen molar-refractivity contribution in [2.24, 2.45) is 0 Å². The molecule has 3 aromatic rings. The first-order valence-electron chi connectivity index (χ1n) is 8.99. The van der Waals surface area contributed by atoms with Gasteiger partial charge in [0.1, 0.15) is 6.04 Å². The Bertz CT molecular complexity index is 881. The van der Waals surface area contributed by atoms with E-state index in [1.165, 1.54) is 5.56 Å². The van der Waals surface area contributed by atoms with Crippen LogP contribution in [0.4, 0.5) is 0 Å². The van der Waals surface area contributed by atoms with Gasteiger partial charge in [-0.3, -0.25) is 20.1 Å². The molecule has 0 fully saturated rings. The molecule has 3 rings (SSSR count). The van der Waals surface area contributed by atoms with E-state index in [0.29, 0.717) is 13.1 Å². The summed E-state index contributed by atoms with van der Waals surface area (Å²) in [6.07, 6.45) is 6.97. The van der Waals surface area contributed by atoms with Crippen LogP contribution >= 0.6 is 0 Å². The number of aromatic nitrogens is 2. The van der Waals surface area contributed by atoms with Crippen LogP contribution in [0.1, 0.15) is 33.9 Å². The zero-order valence-electron chi connectivity index (χ0n) is 15.6. The van der Waals surface area contributed by atoms with E-state index in [-0.39, 0.29) is 5.91 Å². The van der Waals surface area contributed by atoms with Crippen molar-refractivity contribution in [1.29, 1.82) is 0 Å². The van der Waals surface area contributed by atoms with Crippen LogP contribution < -0.4 is 10.6 Å². The first-order valence-corrected chi connectivity index (χ1v) is 8.99. The normalized spacial score (nSPS) is 11.8. The molecule has 0 aliphatic heterocycles. The lowest BCUT2D eigenvalue weighted by Gasteiger charge is -2.21. The van der Waals surface area contributed by atoms with Gasteiger partial charge in [0.15, 0.2) is 0 Å². The first kappa shape index (κ1) is 18.7. The monoisotopic (exact) mass is 360 g/mol. The molecule has 2 N–H and O–H groups in total. The van der Waals surface area contributed by atoms with E-state index in [0.717, 1.165) is 22.3 Å². The minimum absolute atomic E-state index is 0.0483. The van der Waals surface area contributed by atoms with Gasteiger partial charge in [-0.25, -0.2) is 0 Å². The average Bonchev–Trinajstić information content (AvgIpc) is 2.69. The molecule has 0 spiro atoms. The number of amides is 1. The minimum atomic E-state index is -0.430. The standard InChI is InChI=1S/C22H24N4O/c1-16-3-4-20(17(2)13-16)21(25-14-18-5-9-23-10-6-18)22(27)26-15-19-7-11-24-12-8-19/h3-13,21,25H,14-15H2,1-2H3,(H,26,27). The van der Waals surface area contributed by atoms with Crippen LogP contribution in [0.2, 0.25) is 0 Å². The number of hydrogen-bond donors (Lipinski definition) is 2. The van der Waals surface area contributed by atoms with E-state index in [1.54, 1.807) is 24.8 Å². The Morgan fingerprint density at radius 2 is 1.48 bits per heavy atom. The predicted octanol–water partition coefficient (Wildman–Crippen LogP) is 3.24. The number of rotatable bonds is 7. The van der Waals surface area contributed by atoms with E-state index >= 15 is 0 Å². The summed E-state index contributed by atoms with van der Waals surface area (Å²) in [4.78, 5) is 21.0. The van der Waals surface area contributed by atoms with Crippen molar-refractivity contribution < 1.29 is 4.79 Å². The van der Waals surface area contributed by atoms with E-state index in [1.807, 2.05) is 43.3 Å². The van der Waals surface area contributed by atoms with Crippen LogP contribution in [-0.4, -0.2) is 15.9 Å². The van der Waals surface area contributed by atoms with Crippen LogP contribution in [0.3, 0.4) is 0 Å². The smallest absolute Gasteiger partial charge is 0.242 e. The molecule has 1 unspecified atom stereocenters. The lowest BCUT2D eigenvalue weighted by Crippen LogP contribution is -2.37. The third-order valence-electron chi connectivity index (χ3n) is 4.47. The highest BCUT2D eigenvalue weighted by molar-refractivity contribution is 5.83. The molecular formula is C22H24N4O. The van der Waals surface area contributed by atoms with Gasteiger partial charge in [-0.2, -0.15) is 0 Å². The van der Waals surface area contributed by atoms with Crippen molar-refractivity contribution in [2.75, 3.05) is 0 Å². The van der Waals surface area contributed by atoms with Gasteiger partial charge in [0.25, 0.3) is 0 Å². The highest BCUT2D eigenvalue weighted by atomic mass is 16.2. The SMILES string of the molecule is Cc1ccc(C(NCc2ccncc2)C(=O)NCc2ccncc2)c(C)c1. The third-order valence-corrected chi connectivity index (χ3v) is 4.47. The number of pyridine rings is 2. The first-order chi connectivity index (χ1) is 13.1. The Morgan fingerprint density at radius 3 is 2.07 bits per heavy atom. The average molecular weight is 360 g/mol. The van der Waals surface area contributed by atoms with Crippen molar-refractivity contribution in [3.8, 4) is 0 Å². The number of aryl methyl sites for hydroxylation is 2. The summed E-state index contributed by atoms with van der Waals surface area (Å²) in [5.74, 6) is -0.0483. The molecule has 0 aliphatic carbocycles. The number of carbonyl (C=O) groups is 1. The summed E-state index contributed by atoms with van der Waals surface area (Å²) in [5, 5.41) is 6.43. The molecule has 0 radical (unpaired) electrons. The highest BCUT2D eigenvalue weighted by Crippen LogP contribution is 2.20. The van der Waals surface area contributed by atoms with Gasteiger partial charge < -0.3 is 5.32 Å². The van der Waals surface area contributed by atoms with Gasteiger partial charge in [0.2, 0.25) is 5.91 Å². The molecule has 27 heavy (non-hydrogen) atoms. The largest absolute Gasteiger partial charge is 0.350 e. The summed E-state index contributed by atoms with van der Waals surface area (Å²) < 4.78 is 0. The maximum Gasteiger partial charge on any atom is 0.242 e. The van der Waals surface area contributed by atoms with Gasteiger partial charge in [0.05, 0.1) is 0 Å². The minimum Gasteiger partial charge on any atom is -0.350 e. The van der Waals surface area contributed by atoms with E-state index in [9.17, 15) is 4.79 Å². The molecule has 1 aromatic carbocycles. The zero-order chi connectivity index (χ0) is 19.1. The van der Waals surface area contributed by atoms with Crippen molar-refractivity contribution in [3.63, 3.8) is 0 Å². The molecule has 5 heteroatoms. The van der Waals surface area contributed by atoms with Gasteiger partial charge in [-0.15, -0.1) is 0 Å². The number of hydrogen-bond acceptors (Lipinski definition) is 4. The lowest BCUT2D eigenvalue weighted by atomic mass is 9.98. The van der Waals surface area contributed by atoms with E-state index in [2.05, 4.69) is 33.6 Å². The molecule has 0 aliphatic rings. The van der Waals surface area contributed by atoms with Crippen LogP contribution in [0.25, 0.3) is 0 Å². The van der Waals surface area contributed by atoms with Crippen molar-refractivity contribution in [2.45, 2.75) is 33.0 Å². The van der Waals surface area contributed by atoms with Gasteiger partial charge >= 0.3 is 0 Å². The topological polar surface area (TPSA) is 66.9 Å². The Morgan fingerprint density at radius 1 is 0.889 bits per heavy atom. The molecular weight excluding hydrogens is 336 g/mol. The predicted molar refractivity (Wildman–Crippen MR) is 106 cm³/mol. The fraction of sp³-hybridized carbons (Fsp3) is 0.227. The van der Waals surface area contributed by atoms with Crippen LogP contribution in [0.15, 0.2) is 67.3 Å². The Balaban J connectivity index is 1.76. The molecule has 2 heterocycles. The van der Waals surface area contributed by atoms with Crippen molar-refractivity contribution in [3.05, 3.63) is 95.1 Å². The second-order valence-electron chi connectivity index (χ2n) is 6.60. The highest BCUT2D eigenvalue weighted by Gasteiger charge is 2.21. The number of nitrogens with one attached hydrogen (secondary N) is 2. The summed E-state index contributed by atoms with van der Waals surface area (Å²) in [6.45, 7) is 5.15. The Labute approximate surface area is 159 Å². The molecule has 1 atom stereocenters. The molecule has 5 nitrogen and oxygen atoms in total. The third kappa shape index (κ3) is 5.21. The fourth-order valence-electron chi connectivity index (χ4n) is 3.01. The van der Waals surface area contributed by atoms with Crippen molar-refractivity contribution >= 4 is 5.91 Å². The Hall–Kier alpha value is -3.05. The fourth-order valence-corrected chi connectivity index (χ4v) is 3.01. The van der Waals surface area contributed by atoms with Crippen LogP contribution in [-0.2, 0) is 17.9 Å². The summed E-state index contributed by atoms with van der Waals surface area (Å²) in [6, 6.07) is 13.4. The molecule has 2 aromatic heterocycles. The number of carbonyl (C=O) groups excluding carboxylic acids is 1. The van der Waals surface area contributed by atoms with Gasteiger partial charge in [0, 0.05) is 37.9 Å². The van der Waals surface area contributed by atoms with Crippen LogP contribution in [0.5, 0.6) is 0 Å². The Kier molecular flexibility index (Phi) is 6.28. The second kappa shape index (κ2) is 9.05. The summed E-state index contributed by atoms with van der Waals surface area (Å²) >= 11 is 0. The molecule has 0 saturated carbocycles. The van der Waals surface area contributed by atoms with E-state index in [4.69, 9.17) is 0 Å². The molecule has 1 amide bonds. The molecule has 138 valence electrons. The van der Waals surface area contributed by atoms with Crippen molar-refractivity contribution in [1.82, 2.24) is 20.6 Å². The lowest BCUT2D eigenvalue weighted by molar-refractivity contribution is -0.123. The maximum absolute atomic E-state index is 13.0. The van der Waals surface area contributed by atoms with E-state index < -0.39 is 6.04 Å². The maximum atomic E-state index is 13.0.